The summed E-state index contributed by atoms with van der Waals surface area (Å²) in [7, 11) is 1.88. The molecule has 2 aromatic rings. The fourth-order valence-electron chi connectivity index (χ4n) is 1.48. The van der Waals surface area contributed by atoms with E-state index in [0.29, 0.717) is 10.1 Å². The Morgan fingerprint density at radius 2 is 2.29 bits per heavy atom. The van der Waals surface area contributed by atoms with E-state index in [0.717, 1.165) is 12.1 Å². The van der Waals surface area contributed by atoms with Crippen molar-refractivity contribution in [1.82, 2.24) is 19.3 Å². The molecule has 0 saturated heterocycles. The Kier molecular flexibility index (Phi) is 3.82. The molecule has 17 heavy (non-hydrogen) atoms. The maximum Gasteiger partial charge on any atom is 0.268 e. The highest BCUT2D eigenvalue weighted by Crippen LogP contribution is 2.09. The van der Waals surface area contributed by atoms with Crippen LogP contribution in [0.15, 0.2) is 23.4 Å². The molecule has 0 radical (unpaired) electrons. The van der Waals surface area contributed by atoms with E-state index in [1.807, 2.05) is 35.7 Å². The fourth-order valence-corrected chi connectivity index (χ4v) is 2.06. The Hall–Kier alpha value is -0.890. The second kappa shape index (κ2) is 5.18. The summed E-state index contributed by atoms with van der Waals surface area (Å²) in [5.74, 6) is 0. The van der Waals surface area contributed by atoms with Crippen LogP contribution in [0.1, 0.15) is 5.69 Å². The molecule has 2 heterocycles. The Labute approximate surface area is 117 Å². The topological polar surface area (TPSA) is 52.7 Å². The smallest absolute Gasteiger partial charge is 0.268 e. The van der Waals surface area contributed by atoms with Crippen LogP contribution in [0.3, 0.4) is 0 Å². The molecule has 0 saturated carbocycles. The van der Waals surface area contributed by atoms with Gasteiger partial charge in [0.2, 0.25) is 0 Å². The zero-order valence-corrected chi connectivity index (χ0v) is 12.0. The van der Waals surface area contributed by atoms with Gasteiger partial charge in [0, 0.05) is 31.9 Å². The minimum atomic E-state index is -0.104. The highest BCUT2D eigenvalue weighted by molar-refractivity contribution is 14.1. The number of hydrogen-bond donors (Lipinski definition) is 0. The SMILES string of the molecule is Cn1nccc1CCn1cnc(Cl)c(I)c1=O. The Bertz CT molecular complexity index is 592. The van der Waals surface area contributed by atoms with Gasteiger partial charge < -0.3 is 0 Å². The van der Waals surface area contributed by atoms with Crippen molar-refractivity contribution in [2.75, 3.05) is 0 Å². The van der Waals surface area contributed by atoms with Gasteiger partial charge in [0.1, 0.15) is 8.72 Å². The number of halogens is 2. The van der Waals surface area contributed by atoms with E-state index >= 15 is 0 Å². The second-order valence-electron chi connectivity index (χ2n) is 3.54. The largest absolute Gasteiger partial charge is 0.298 e. The summed E-state index contributed by atoms with van der Waals surface area (Å²) >= 11 is 7.67. The van der Waals surface area contributed by atoms with Gasteiger partial charge in [-0.25, -0.2) is 4.98 Å². The zero-order chi connectivity index (χ0) is 12.4. The summed E-state index contributed by atoms with van der Waals surface area (Å²) in [5, 5.41) is 4.33. The van der Waals surface area contributed by atoms with Crippen LogP contribution in [-0.4, -0.2) is 19.3 Å². The third-order valence-corrected chi connectivity index (χ3v) is 4.05. The number of aryl methyl sites for hydroxylation is 3. The molecular weight excluding hydrogens is 354 g/mol. The van der Waals surface area contributed by atoms with Crippen molar-refractivity contribution in [3.05, 3.63) is 43.4 Å². The first kappa shape index (κ1) is 12.6. The minimum Gasteiger partial charge on any atom is -0.298 e. The molecule has 0 atom stereocenters. The summed E-state index contributed by atoms with van der Waals surface area (Å²) in [6.45, 7) is 0.568. The van der Waals surface area contributed by atoms with Gasteiger partial charge in [0.05, 0.1) is 6.33 Å². The third kappa shape index (κ3) is 2.68. The van der Waals surface area contributed by atoms with Crippen molar-refractivity contribution in [2.24, 2.45) is 7.05 Å². The molecule has 0 spiro atoms. The lowest BCUT2D eigenvalue weighted by atomic mass is 10.3. The van der Waals surface area contributed by atoms with Crippen molar-refractivity contribution < 1.29 is 0 Å². The first-order valence-corrected chi connectivity index (χ1v) is 6.42. The summed E-state index contributed by atoms with van der Waals surface area (Å²) in [6.07, 6.45) is 3.95. The zero-order valence-electron chi connectivity index (χ0n) is 9.10. The molecular formula is C10H10ClIN4O. The molecule has 0 unspecified atom stereocenters. The van der Waals surface area contributed by atoms with Crippen LogP contribution < -0.4 is 5.56 Å². The summed E-state index contributed by atoms with van der Waals surface area (Å²) in [5.41, 5.74) is 0.967. The lowest BCUT2D eigenvalue weighted by Crippen LogP contribution is -2.24. The van der Waals surface area contributed by atoms with Gasteiger partial charge in [-0.15, -0.1) is 0 Å². The first-order chi connectivity index (χ1) is 8.09. The highest BCUT2D eigenvalue weighted by atomic mass is 127. The molecule has 2 rings (SSSR count). The van der Waals surface area contributed by atoms with Crippen molar-refractivity contribution in [3.63, 3.8) is 0 Å². The average molecular weight is 365 g/mol. The Morgan fingerprint density at radius 3 is 2.94 bits per heavy atom. The number of aromatic nitrogens is 4. The minimum absolute atomic E-state index is 0.104. The highest BCUT2D eigenvalue weighted by Gasteiger charge is 2.07. The normalized spacial score (nSPS) is 10.8. The molecule has 5 nitrogen and oxygen atoms in total. The maximum absolute atomic E-state index is 11.8. The second-order valence-corrected chi connectivity index (χ2v) is 4.98. The van der Waals surface area contributed by atoms with Crippen LogP contribution in [-0.2, 0) is 20.0 Å². The van der Waals surface area contributed by atoms with Gasteiger partial charge in [-0.2, -0.15) is 5.10 Å². The molecule has 0 aliphatic rings. The molecule has 2 aromatic heterocycles. The van der Waals surface area contributed by atoms with E-state index in [1.54, 1.807) is 15.4 Å². The molecule has 0 amide bonds. The number of nitrogens with zero attached hydrogens (tertiary/aromatic N) is 4. The standard InChI is InChI=1S/C10H10ClIN4O/c1-15-7(2-4-14-15)3-5-16-6-13-9(11)8(12)10(16)17/h2,4,6H,3,5H2,1H3. The van der Waals surface area contributed by atoms with E-state index in [4.69, 9.17) is 11.6 Å². The molecule has 0 aliphatic carbocycles. The van der Waals surface area contributed by atoms with E-state index in [-0.39, 0.29) is 10.7 Å². The summed E-state index contributed by atoms with van der Waals surface area (Å²) < 4.78 is 3.80. The Balaban J connectivity index is 2.18. The lowest BCUT2D eigenvalue weighted by molar-refractivity contribution is 0.612. The van der Waals surface area contributed by atoms with Crippen molar-refractivity contribution >= 4 is 34.2 Å². The Morgan fingerprint density at radius 1 is 1.53 bits per heavy atom. The molecule has 90 valence electrons. The third-order valence-electron chi connectivity index (χ3n) is 2.47. The van der Waals surface area contributed by atoms with Crippen LogP contribution in [0.4, 0.5) is 0 Å². The predicted octanol–water partition coefficient (Wildman–Crippen LogP) is 1.48. The van der Waals surface area contributed by atoms with E-state index in [9.17, 15) is 4.79 Å². The van der Waals surface area contributed by atoms with Gasteiger partial charge in [0.15, 0.2) is 0 Å². The average Bonchev–Trinajstić information content (AvgIpc) is 2.71. The number of rotatable bonds is 3. The maximum atomic E-state index is 11.8. The first-order valence-electron chi connectivity index (χ1n) is 4.97. The van der Waals surface area contributed by atoms with Gasteiger partial charge in [-0.05, 0) is 28.7 Å². The quantitative estimate of drug-likeness (QED) is 0.612. The summed E-state index contributed by atoms with van der Waals surface area (Å²) in [6, 6.07) is 1.93. The molecule has 7 heteroatoms. The van der Waals surface area contributed by atoms with Crippen LogP contribution >= 0.6 is 34.2 Å². The lowest BCUT2D eigenvalue weighted by Gasteiger charge is -2.06. The van der Waals surface area contributed by atoms with Crippen molar-refractivity contribution in [2.45, 2.75) is 13.0 Å². The van der Waals surface area contributed by atoms with Crippen molar-refractivity contribution in [3.8, 4) is 0 Å². The fraction of sp³-hybridized carbons (Fsp3) is 0.300. The van der Waals surface area contributed by atoms with Gasteiger partial charge in [0.25, 0.3) is 5.56 Å². The van der Waals surface area contributed by atoms with Gasteiger partial charge in [-0.3, -0.25) is 14.0 Å². The summed E-state index contributed by atoms with van der Waals surface area (Å²) in [4.78, 5) is 15.8. The van der Waals surface area contributed by atoms with Crippen LogP contribution in [0.25, 0.3) is 0 Å². The van der Waals surface area contributed by atoms with E-state index in [2.05, 4.69) is 10.1 Å². The van der Waals surface area contributed by atoms with Crippen LogP contribution in [0, 0.1) is 3.57 Å². The van der Waals surface area contributed by atoms with Gasteiger partial charge in [-0.1, -0.05) is 11.6 Å². The molecule has 0 aliphatic heterocycles. The monoisotopic (exact) mass is 364 g/mol. The van der Waals surface area contributed by atoms with Crippen LogP contribution in [0.5, 0.6) is 0 Å². The van der Waals surface area contributed by atoms with Crippen LogP contribution in [0.2, 0.25) is 5.15 Å². The molecule has 0 bridgehead atoms. The van der Waals surface area contributed by atoms with Gasteiger partial charge >= 0.3 is 0 Å². The van der Waals surface area contributed by atoms with Crippen molar-refractivity contribution in [1.29, 1.82) is 0 Å². The van der Waals surface area contributed by atoms with E-state index in [1.165, 1.54) is 6.33 Å². The number of hydrogen-bond acceptors (Lipinski definition) is 3. The molecule has 0 aromatic carbocycles. The molecule has 0 fully saturated rings. The van der Waals surface area contributed by atoms with E-state index < -0.39 is 0 Å². The molecule has 0 N–H and O–H groups in total. The predicted molar refractivity (Wildman–Crippen MR) is 73.1 cm³/mol.